The third-order valence-corrected chi connectivity index (χ3v) is 6.45. The van der Waals surface area contributed by atoms with Crippen LogP contribution in [0.15, 0.2) is 0 Å². The van der Waals surface area contributed by atoms with E-state index in [1.54, 1.807) is 4.31 Å². The molecule has 2 saturated heterocycles. The van der Waals surface area contributed by atoms with Crippen molar-refractivity contribution in [2.24, 2.45) is 5.92 Å². The van der Waals surface area contributed by atoms with Gasteiger partial charge in [-0.3, -0.25) is 0 Å². The Morgan fingerprint density at radius 3 is 2.79 bits per heavy atom. The molecule has 2 fully saturated rings. The van der Waals surface area contributed by atoms with Crippen LogP contribution < -0.4 is 5.32 Å². The molecule has 0 aromatic rings. The van der Waals surface area contributed by atoms with Crippen LogP contribution in [0.25, 0.3) is 0 Å². The molecule has 2 atom stereocenters. The molecule has 5 nitrogen and oxygen atoms in total. The highest BCUT2D eigenvalue weighted by Crippen LogP contribution is 2.30. The third kappa shape index (κ3) is 3.68. The van der Waals surface area contributed by atoms with Gasteiger partial charge in [-0.2, -0.15) is 0 Å². The molecule has 0 amide bonds. The fourth-order valence-corrected chi connectivity index (χ4v) is 5.00. The first-order valence-corrected chi connectivity index (χ1v) is 8.98. The maximum absolute atomic E-state index is 12.3. The van der Waals surface area contributed by atoms with Gasteiger partial charge in [0.05, 0.1) is 5.75 Å². The average molecular weight is 289 g/mol. The smallest absolute Gasteiger partial charge is 0.214 e. The lowest BCUT2D eigenvalue weighted by Crippen LogP contribution is -2.54. The number of nitrogens with zero attached hydrogens (tertiary/aromatic N) is 2. The number of hydrogen-bond donors (Lipinski definition) is 1. The van der Waals surface area contributed by atoms with Gasteiger partial charge in [0.2, 0.25) is 10.0 Å². The van der Waals surface area contributed by atoms with E-state index in [2.05, 4.69) is 17.3 Å². The average Bonchev–Trinajstić information content (AvgIpc) is 2.39. The van der Waals surface area contributed by atoms with Gasteiger partial charge in [0.15, 0.2) is 0 Å². The standard InChI is InChI=1S/C13H27N3O2S/c1-14-7-4-10-19(17,18)16-9-6-13-12(11-16)5-3-8-15(13)2/h12-14H,3-11H2,1-2H3. The van der Waals surface area contributed by atoms with E-state index in [4.69, 9.17) is 0 Å². The van der Waals surface area contributed by atoms with Gasteiger partial charge in [0.25, 0.3) is 0 Å². The van der Waals surface area contributed by atoms with Gasteiger partial charge in [-0.25, -0.2) is 12.7 Å². The normalized spacial score (nSPS) is 30.2. The summed E-state index contributed by atoms with van der Waals surface area (Å²) in [6.45, 7) is 3.36. The summed E-state index contributed by atoms with van der Waals surface area (Å²) in [5.74, 6) is 0.813. The molecule has 0 aromatic carbocycles. The fraction of sp³-hybridized carbons (Fsp3) is 1.00. The molecule has 2 aliphatic heterocycles. The first-order valence-electron chi connectivity index (χ1n) is 7.37. The van der Waals surface area contributed by atoms with Gasteiger partial charge in [0.1, 0.15) is 0 Å². The Morgan fingerprint density at radius 1 is 1.26 bits per heavy atom. The first kappa shape index (κ1) is 15.2. The molecule has 2 rings (SSSR count). The van der Waals surface area contributed by atoms with Crippen LogP contribution >= 0.6 is 0 Å². The first-order chi connectivity index (χ1) is 9.04. The van der Waals surface area contributed by atoms with Crippen molar-refractivity contribution >= 4 is 10.0 Å². The molecule has 0 spiro atoms. The molecule has 2 aliphatic rings. The van der Waals surface area contributed by atoms with E-state index in [1.165, 1.54) is 12.8 Å². The van der Waals surface area contributed by atoms with Crippen molar-refractivity contribution in [3.05, 3.63) is 0 Å². The van der Waals surface area contributed by atoms with Crippen LogP contribution in [-0.4, -0.2) is 69.7 Å². The van der Waals surface area contributed by atoms with Gasteiger partial charge >= 0.3 is 0 Å². The molecule has 1 N–H and O–H groups in total. The Balaban J connectivity index is 1.92. The maximum atomic E-state index is 12.3. The summed E-state index contributed by atoms with van der Waals surface area (Å²) in [7, 11) is 0.983. The van der Waals surface area contributed by atoms with Crippen molar-refractivity contribution in [2.45, 2.75) is 31.7 Å². The number of rotatable bonds is 5. The van der Waals surface area contributed by atoms with Crippen molar-refractivity contribution in [3.8, 4) is 0 Å². The van der Waals surface area contributed by atoms with Crippen molar-refractivity contribution in [1.29, 1.82) is 0 Å². The number of fused-ring (bicyclic) bond motifs is 1. The van der Waals surface area contributed by atoms with Crippen LogP contribution in [0.3, 0.4) is 0 Å². The maximum Gasteiger partial charge on any atom is 0.214 e. The molecule has 2 heterocycles. The molecule has 0 radical (unpaired) electrons. The molecule has 0 bridgehead atoms. The number of piperidine rings is 2. The quantitative estimate of drug-likeness (QED) is 0.742. The van der Waals surface area contributed by atoms with Crippen LogP contribution in [0.5, 0.6) is 0 Å². The van der Waals surface area contributed by atoms with E-state index in [0.717, 1.165) is 26.1 Å². The van der Waals surface area contributed by atoms with E-state index in [1.807, 2.05) is 7.05 Å². The molecule has 112 valence electrons. The van der Waals surface area contributed by atoms with Crippen molar-refractivity contribution < 1.29 is 8.42 Å². The van der Waals surface area contributed by atoms with Gasteiger partial charge in [-0.15, -0.1) is 0 Å². The van der Waals surface area contributed by atoms with E-state index < -0.39 is 10.0 Å². The van der Waals surface area contributed by atoms with Crippen molar-refractivity contribution in [3.63, 3.8) is 0 Å². The van der Waals surface area contributed by atoms with E-state index in [0.29, 0.717) is 24.9 Å². The topological polar surface area (TPSA) is 52.7 Å². The minimum absolute atomic E-state index is 0.279. The van der Waals surface area contributed by atoms with Crippen LogP contribution in [0.4, 0.5) is 0 Å². The Hall–Kier alpha value is -0.170. The second-order valence-electron chi connectivity index (χ2n) is 5.87. The minimum atomic E-state index is -3.05. The second kappa shape index (κ2) is 6.52. The summed E-state index contributed by atoms with van der Waals surface area (Å²) in [4.78, 5) is 2.42. The molecule has 19 heavy (non-hydrogen) atoms. The Morgan fingerprint density at radius 2 is 2.05 bits per heavy atom. The SMILES string of the molecule is CNCCCS(=O)(=O)N1CCC2C(CCCN2C)C1. The molecule has 0 aromatic heterocycles. The summed E-state index contributed by atoms with van der Waals surface area (Å²) in [6, 6.07) is 0.595. The Labute approximate surface area is 117 Å². The van der Waals surface area contributed by atoms with Gasteiger partial charge in [0, 0.05) is 19.1 Å². The molecule has 0 saturated carbocycles. The van der Waals surface area contributed by atoms with Crippen LogP contribution in [-0.2, 0) is 10.0 Å². The molecular weight excluding hydrogens is 262 g/mol. The third-order valence-electron chi connectivity index (χ3n) is 4.53. The summed E-state index contributed by atoms with van der Waals surface area (Å²) in [5.41, 5.74) is 0. The highest BCUT2D eigenvalue weighted by molar-refractivity contribution is 7.89. The van der Waals surface area contributed by atoms with E-state index in [9.17, 15) is 8.42 Å². The zero-order valence-corrected chi connectivity index (χ0v) is 13.0. The van der Waals surface area contributed by atoms with Gasteiger partial charge in [-0.1, -0.05) is 0 Å². The van der Waals surface area contributed by atoms with Gasteiger partial charge in [-0.05, 0) is 58.8 Å². The van der Waals surface area contributed by atoms with Crippen LogP contribution in [0.2, 0.25) is 0 Å². The number of sulfonamides is 1. The number of likely N-dealkylation sites (tertiary alicyclic amines) is 1. The Kier molecular flexibility index (Phi) is 5.22. The monoisotopic (exact) mass is 289 g/mol. The van der Waals surface area contributed by atoms with Crippen LogP contribution in [0.1, 0.15) is 25.7 Å². The van der Waals surface area contributed by atoms with Crippen LogP contribution in [0, 0.1) is 5.92 Å². The highest BCUT2D eigenvalue weighted by Gasteiger charge is 2.37. The summed E-state index contributed by atoms with van der Waals surface area (Å²) in [5, 5.41) is 3.00. The highest BCUT2D eigenvalue weighted by atomic mass is 32.2. The zero-order valence-electron chi connectivity index (χ0n) is 12.1. The molecule has 2 unspecified atom stereocenters. The van der Waals surface area contributed by atoms with Crippen molar-refractivity contribution in [1.82, 2.24) is 14.5 Å². The summed E-state index contributed by atoms with van der Waals surface area (Å²) >= 11 is 0. The largest absolute Gasteiger partial charge is 0.320 e. The molecular formula is C13H27N3O2S. The zero-order chi connectivity index (χ0) is 13.9. The number of nitrogens with one attached hydrogen (secondary N) is 1. The summed E-state index contributed by atoms with van der Waals surface area (Å²) in [6.07, 6.45) is 4.07. The van der Waals surface area contributed by atoms with Gasteiger partial charge < -0.3 is 10.2 Å². The summed E-state index contributed by atoms with van der Waals surface area (Å²) < 4.78 is 26.3. The van der Waals surface area contributed by atoms with E-state index in [-0.39, 0.29) is 5.75 Å². The lowest BCUT2D eigenvalue weighted by atomic mass is 9.85. The number of hydrogen-bond acceptors (Lipinski definition) is 4. The predicted molar refractivity (Wildman–Crippen MR) is 77.7 cm³/mol. The fourth-order valence-electron chi connectivity index (χ4n) is 3.43. The van der Waals surface area contributed by atoms with E-state index >= 15 is 0 Å². The van der Waals surface area contributed by atoms with Crippen molar-refractivity contribution in [2.75, 3.05) is 46.0 Å². The lowest BCUT2D eigenvalue weighted by molar-refractivity contribution is 0.0671. The predicted octanol–water partition coefficient (Wildman–Crippen LogP) is 0.342. The lowest BCUT2D eigenvalue weighted by Gasteiger charge is -2.45. The Bertz CT molecular complexity index is 385. The minimum Gasteiger partial charge on any atom is -0.320 e. The molecule has 6 heteroatoms. The second-order valence-corrected chi connectivity index (χ2v) is 7.96. The molecule has 0 aliphatic carbocycles.